The monoisotopic (exact) mass is 275 g/mol. The zero-order valence-electron chi connectivity index (χ0n) is 11.9. The van der Waals surface area contributed by atoms with Gasteiger partial charge >= 0.3 is 0 Å². The van der Waals surface area contributed by atoms with Gasteiger partial charge in [0.1, 0.15) is 0 Å². The van der Waals surface area contributed by atoms with Gasteiger partial charge in [-0.15, -0.1) is 0 Å². The van der Waals surface area contributed by atoms with Crippen LogP contribution >= 0.6 is 0 Å². The highest BCUT2D eigenvalue weighted by molar-refractivity contribution is 5.54. The van der Waals surface area contributed by atoms with Crippen LogP contribution in [0.1, 0.15) is 38.2 Å². The van der Waals surface area contributed by atoms with E-state index in [0.29, 0.717) is 17.9 Å². The number of nitrogens with one attached hydrogen (secondary N) is 2. The molecule has 3 heterocycles. The van der Waals surface area contributed by atoms with Crippen molar-refractivity contribution >= 4 is 17.5 Å². The number of fused-ring (bicyclic) bond motifs is 1. The summed E-state index contributed by atoms with van der Waals surface area (Å²) >= 11 is 0. The fourth-order valence-electron chi connectivity index (χ4n) is 2.56. The average molecular weight is 275 g/mol. The summed E-state index contributed by atoms with van der Waals surface area (Å²) in [6.45, 7) is 6.29. The standard InChI is InChI=1S/C13H21N7/c1-8(2)10-7-16-20-11(10)18-12(14)19-13(20)17-9-3-5-15-6-4-9/h7-9,15H,3-6H2,1-2H3,(H3,14,17,18,19). The van der Waals surface area contributed by atoms with Crippen molar-refractivity contribution in [2.45, 2.75) is 38.6 Å². The van der Waals surface area contributed by atoms with Gasteiger partial charge in [-0.25, -0.2) is 0 Å². The van der Waals surface area contributed by atoms with Crippen LogP contribution in [0.4, 0.5) is 11.9 Å². The zero-order valence-corrected chi connectivity index (χ0v) is 11.9. The second kappa shape index (κ2) is 5.24. The predicted octanol–water partition coefficient (Wildman–Crippen LogP) is 0.994. The lowest BCUT2D eigenvalue weighted by Crippen LogP contribution is -2.36. The SMILES string of the molecule is CC(C)c1cnn2c(NC3CCNCC3)nc(N)nc12. The molecule has 0 atom stereocenters. The van der Waals surface area contributed by atoms with E-state index in [1.165, 1.54) is 0 Å². The minimum atomic E-state index is 0.288. The molecule has 7 heteroatoms. The highest BCUT2D eigenvalue weighted by atomic mass is 15.4. The van der Waals surface area contributed by atoms with Crippen molar-refractivity contribution in [2.24, 2.45) is 0 Å². The molecular formula is C13H21N7. The molecule has 1 aliphatic rings. The molecule has 0 amide bonds. The number of nitrogens with zero attached hydrogens (tertiary/aromatic N) is 4. The quantitative estimate of drug-likeness (QED) is 0.773. The third-order valence-corrected chi connectivity index (χ3v) is 3.71. The smallest absolute Gasteiger partial charge is 0.229 e. The van der Waals surface area contributed by atoms with E-state index >= 15 is 0 Å². The fraction of sp³-hybridized carbons (Fsp3) is 0.615. The molecule has 0 aliphatic carbocycles. The second-order valence-electron chi connectivity index (χ2n) is 5.56. The molecule has 1 aliphatic heterocycles. The summed E-state index contributed by atoms with van der Waals surface area (Å²) in [6.07, 6.45) is 4.00. The van der Waals surface area contributed by atoms with Gasteiger partial charge in [-0.2, -0.15) is 19.6 Å². The highest BCUT2D eigenvalue weighted by Gasteiger charge is 2.18. The van der Waals surface area contributed by atoms with Crippen LogP contribution in [-0.2, 0) is 0 Å². The van der Waals surface area contributed by atoms with Crippen LogP contribution < -0.4 is 16.4 Å². The zero-order chi connectivity index (χ0) is 14.1. The number of hydrogen-bond acceptors (Lipinski definition) is 6. The molecule has 7 nitrogen and oxygen atoms in total. The van der Waals surface area contributed by atoms with Crippen molar-refractivity contribution in [3.8, 4) is 0 Å². The fourth-order valence-corrected chi connectivity index (χ4v) is 2.56. The summed E-state index contributed by atoms with van der Waals surface area (Å²) in [4.78, 5) is 8.63. The topological polar surface area (TPSA) is 93.2 Å². The Morgan fingerprint density at radius 3 is 2.80 bits per heavy atom. The summed E-state index contributed by atoms with van der Waals surface area (Å²) in [5.74, 6) is 1.33. The Morgan fingerprint density at radius 2 is 2.10 bits per heavy atom. The van der Waals surface area contributed by atoms with Crippen molar-refractivity contribution < 1.29 is 0 Å². The number of nitrogens with two attached hydrogens (primary N) is 1. The largest absolute Gasteiger partial charge is 0.368 e. The summed E-state index contributed by atoms with van der Waals surface area (Å²) in [5.41, 5.74) is 7.73. The molecule has 2 aromatic rings. The molecule has 108 valence electrons. The van der Waals surface area contributed by atoms with Gasteiger partial charge in [-0.1, -0.05) is 13.8 Å². The summed E-state index contributed by atoms with van der Waals surface area (Å²) in [6, 6.07) is 0.403. The van der Waals surface area contributed by atoms with E-state index in [-0.39, 0.29) is 5.95 Å². The molecular weight excluding hydrogens is 254 g/mol. The number of rotatable bonds is 3. The van der Waals surface area contributed by atoms with Gasteiger partial charge in [-0.05, 0) is 31.8 Å². The molecule has 0 unspecified atom stereocenters. The van der Waals surface area contributed by atoms with E-state index in [4.69, 9.17) is 5.73 Å². The highest BCUT2D eigenvalue weighted by Crippen LogP contribution is 2.22. The first-order chi connectivity index (χ1) is 9.65. The number of piperidine rings is 1. The first-order valence-corrected chi connectivity index (χ1v) is 7.13. The van der Waals surface area contributed by atoms with Gasteiger partial charge in [0.2, 0.25) is 11.9 Å². The Labute approximate surface area is 118 Å². The molecule has 0 radical (unpaired) electrons. The lowest BCUT2D eigenvalue weighted by molar-refractivity contribution is 0.476. The maximum atomic E-state index is 5.84. The molecule has 0 bridgehead atoms. The van der Waals surface area contributed by atoms with E-state index in [0.717, 1.165) is 37.1 Å². The Morgan fingerprint density at radius 1 is 1.35 bits per heavy atom. The Bertz CT molecular complexity index is 598. The van der Waals surface area contributed by atoms with Gasteiger partial charge in [0.15, 0.2) is 5.65 Å². The second-order valence-corrected chi connectivity index (χ2v) is 5.56. The predicted molar refractivity (Wildman–Crippen MR) is 78.8 cm³/mol. The third kappa shape index (κ3) is 2.40. The van der Waals surface area contributed by atoms with Crippen LogP contribution in [0.3, 0.4) is 0 Å². The number of nitrogen functional groups attached to an aromatic ring is 1. The van der Waals surface area contributed by atoms with Crippen LogP contribution in [0.5, 0.6) is 0 Å². The first kappa shape index (κ1) is 13.1. The molecule has 20 heavy (non-hydrogen) atoms. The molecule has 0 aromatic carbocycles. The third-order valence-electron chi connectivity index (χ3n) is 3.71. The number of anilines is 2. The number of hydrogen-bond donors (Lipinski definition) is 3. The minimum Gasteiger partial charge on any atom is -0.368 e. The van der Waals surface area contributed by atoms with Gasteiger partial charge in [0.25, 0.3) is 0 Å². The van der Waals surface area contributed by atoms with E-state index in [1.807, 2.05) is 6.20 Å². The summed E-state index contributed by atoms with van der Waals surface area (Å²) in [7, 11) is 0. The van der Waals surface area contributed by atoms with E-state index in [1.54, 1.807) is 4.52 Å². The van der Waals surface area contributed by atoms with Gasteiger partial charge < -0.3 is 16.4 Å². The summed E-state index contributed by atoms with van der Waals surface area (Å²) < 4.78 is 1.76. The van der Waals surface area contributed by atoms with Crippen LogP contribution in [0.25, 0.3) is 5.65 Å². The average Bonchev–Trinajstić information content (AvgIpc) is 2.83. The van der Waals surface area contributed by atoms with E-state index in [9.17, 15) is 0 Å². The Hall–Kier alpha value is -1.89. The van der Waals surface area contributed by atoms with Gasteiger partial charge in [0.05, 0.1) is 6.20 Å². The first-order valence-electron chi connectivity index (χ1n) is 7.13. The van der Waals surface area contributed by atoms with Crippen molar-refractivity contribution in [1.29, 1.82) is 0 Å². The lowest BCUT2D eigenvalue weighted by Gasteiger charge is -2.24. The van der Waals surface area contributed by atoms with Crippen molar-refractivity contribution in [3.05, 3.63) is 11.8 Å². The maximum Gasteiger partial charge on any atom is 0.229 e. The van der Waals surface area contributed by atoms with Gasteiger partial charge in [0, 0.05) is 11.6 Å². The van der Waals surface area contributed by atoms with E-state index in [2.05, 4.69) is 39.5 Å². The van der Waals surface area contributed by atoms with Crippen molar-refractivity contribution in [2.75, 3.05) is 24.1 Å². The van der Waals surface area contributed by atoms with Crippen LogP contribution in [0.15, 0.2) is 6.20 Å². The molecule has 4 N–H and O–H groups in total. The Kier molecular flexibility index (Phi) is 3.43. The molecule has 3 rings (SSSR count). The van der Waals surface area contributed by atoms with Crippen molar-refractivity contribution in [1.82, 2.24) is 24.9 Å². The molecule has 0 spiro atoms. The van der Waals surface area contributed by atoms with Crippen LogP contribution in [0.2, 0.25) is 0 Å². The van der Waals surface area contributed by atoms with E-state index < -0.39 is 0 Å². The molecule has 2 aromatic heterocycles. The lowest BCUT2D eigenvalue weighted by atomic mass is 10.1. The Balaban J connectivity index is 1.97. The van der Waals surface area contributed by atoms with Crippen molar-refractivity contribution in [3.63, 3.8) is 0 Å². The normalized spacial score (nSPS) is 16.9. The summed E-state index contributed by atoms with van der Waals surface area (Å²) in [5, 5.41) is 11.2. The number of aromatic nitrogens is 4. The molecule has 1 fully saturated rings. The minimum absolute atomic E-state index is 0.288. The van der Waals surface area contributed by atoms with Crippen LogP contribution in [-0.4, -0.2) is 38.7 Å². The van der Waals surface area contributed by atoms with Crippen LogP contribution in [0, 0.1) is 0 Å². The molecule has 1 saturated heterocycles. The van der Waals surface area contributed by atoms with Gasteiger partial charge in [-0.3, -0.25) is 0 Å². The molecule has 0 saturated carbocycles. The maximum absolute atomic E-state index is 5.84.